The number of carbonyl (C=O) groups excluding carboxylic acids is 1. The molecule has 2 fully saturated rings. The molecule has 3 rings (SSSR count). The van der Waals surface area contributed by atoms with Gasteiger partial charge in [-0.25, -0.2) is 0 Å². The molecule has 0 spiro atoms. The molecule has 1 amide bonds. The Kier molecular flexibility index (Phi) is 4.26. The van der Waals surface area contributed by atoms with Gasteiger partial charge in [0.05, 0.1) is 5.41 Å². The lowest BCUT2D eigenvalue weighted by molar-refractivity contribution is -0.142. The number of hydrogen-bond acceptors (Lipinski definition) is 1. The molecule has 2 saturated carbocycles. The number of nitrogens with zero attached hydrogens (tertiary/aromatic N) is 1. The average Bonchev–Trinajstić information content (AvgIpc) is 2.48. The van der Waals surface area contributed by atoms with Gasteiger partial charge in [0, 0.05) is 18.1 Å². The first-order chi connectivity index (χ1) is 10.1. The van der Waals surface area contributed by atoms with Crippen molar-refractivity contribution in [2.75, 3.05) is 7.05 Å². The SMILES string of the molecule is CN(C(=O)C1(c2ccc(Cl)cc2)CCC1)C1CCCCC1. The maximum absolute atomic E-state index is 13.1. The van der Waals surface area contributed by atoms with Crippen LogP contribution in [0.15, 0.2) is 24.3 Å². The molecular weight excluding hydrogens is 282 g/mol. The van der Waals surface area contributed by atoms with Gasteiger partial charge in [0.25, 0.3) is 0 Å². The van der Waals surface area contributed by atoms with Crippen LogP contribution in [-0.2, 0) is 10.2 Å². The standard InChI is InChI=1S/C18H24ClNO/c1-20(16-6-3-2-4-7-16)17(21)18(12-5-13-18)14-8-10-15(19)11-9-14/h8-11,16H,2-7,12-13H2,1H3. The molecule has 0 bridgehead atoms. The number of carbonyl (C=O) groups is 1. The van der Waals surface area contributed by atoms with Crippen molar-refractivity contribution in [3.05, 3.63) is 34.9 Å². The summed E-state index contributed by atoms with van der Waals surface area (Å²) in [6.07, 6.45) is 9.27. The third-order valence-electron chi connectivity index (χ3n) is 5.46. The number of benzene rings is 1. The lowest BCUT2D eigenvalue weighted by Crippen LogP contribution is -2.53. The van der Waals surface area contributed by atoms with E-state index in [2.05, 4.69) is 0 Å². The maximum Gasteiger partial charge on any atom is 0.233 e. The lowest BCUT2D eigenvalue weighted by atomic mass is 9.63. The molecule has 2 aliphatic carbocycles. The zero-order chi connectivity index (χ0) is 14.9. The second-order valence-corrected chi connectivity index (χ2v) is 7.09. The van der Waals surface area contributed by atoms with Gasteiger partial charge < -0.3 is 4.90 Å². The van der Waals surface area contributed by atoms with E-state index >= 15 is 0 Å². The highest BCUT2D eigenvalue weighted by Gasteiger charge is 2.47. The van der Waals surface area contributed by atoms with E-state index in [9.17, 15) is 4.79 Å². The molecule has 0 unspecified atom stereocenters. The fourth-order valence-corrected chi connectivity index (χ4v) is 4.02. The summed E-state index contributed by atoms with van der Waals surface area (Å²) < 4.78 is 0. The van der Waals surface area contributed by atoms with Crippen LogP contribution in [0.2, 0.25) is 5.02 Å². The van der Waals surface area contributed by atoms with E-state index in [1.54, 1.807) is 0 Å². The van der Waals surface area contributed by atoms with Crippen LogP contribution in [0.5, 0.6) is 0 Å². The van der Waals surface area contributed by atoms with Crippen LogP contribution in [0.1, 0.15) is 56.9 Å². The van der Waals surface area contributed by atoms with E-state index in [4.69, 9.17) is 11.6 Å². The number of hydrogen-bond donors (Lipinski definition) is 0. The Hall–Kier alpha value is -1.02. The Bertz CT molecular complexity index is 500. The minimum absolute atomic E-state index is 0.281. The quantitative estimate of drug-likeness (QED) is 0.802. The number of rotatable bonds is 3. The molecule has 0 atom stereocenters. The predicted molar refractivity (Wildman–Crippen MR) is 86.6 cm³/mol. The Morgan fingerprint density at radius 1 is 1.10 bits per heavy atom. The van der Waals surface area contributed by atoms with Crippen LogP contribution in [0.4, 0.5) is 0 Å². The van der Waals surface area contributed by atoms with Crippen molar-refractivity contribution >= 4 is 17.5 Å². The van der Waals surface area contributed by atoms with Crippen molar-refractivity contribution in [2.45, 2.75) is 62.8 Å². The van der Waals surface area contributed by atoms with Gasteiger partial charge in [-0.15, -0.1) is 0 Å². The summed E-state index contributed by atoms with van der Waals surface area (Å²) in [6, 6.07) is 8.33. The summed E-state index contributed by atoms with van der Waals surface area (Å²) in [5.74, 6) is 0.322. The molecule has 3 heteroatoms. The van der Waals surface area contributed by atoms with E-state index in [-0.39, 0.29) is 5.41 Å². The van der Waals surface area contributed by atoms with Gasteiger partial charge in [-0.2, -0.15) is 0 Å². The summed E-state index contributed by atoms with van der Waals surface area (Å²) in [4.78, 5) is 15.2. The first-order valence-corrected chi connectivity index (χ1v) is 8.55. The van der Waals surface area contributed by atoms with Crippen molar-refractivity contribution in [1.29, 1.82) is 0 Å². The molecule has 2 nitrogen and oxygen atoms in total. The molecule has 114 valence electrons. The highest BCUT2D eigenvalue weighted by Crippen LogP contribution is 2.46. The van der Waals surface area contributed by atoms with E-state index in [0.29, 0.717) is 11.9 Å². The monoisotopic (exact) mass is 305 g/mol. The van der Waals surface area contributed by atoms with Gasteiger partial charge in [-0.05, 0) is 43.4 Å². The third kappa shape index (κ3) is 2.70. The minimum Gasteiger partial charge on any atom is -0.342 e. The summed E-state index contributed by atoms with van der Waals surface area (Å²) >= 11 is 5.99. The number of likely N-dealkylation sites (N-methyl/N-ethyl adjacent to an activating group) is 1. The van der Waals surface area contributed by atoms with Gasteiger partial charge in [0.1, 0.15) is 0 Å². The fourth-order valence-electron chi connectivity index (χ4n) is 3.90. The summed E-state index contributed by atoms with van der Waals surface area (Å²) in [7, 11) is 2.01. The van der Waals surface area contributed by atoms with Gasteiger partial charge in [-0.1, -0.05) is 49.4 Å². The topological polar surface area (TPSA) is 20.3 Å². The third-order valence-corrected chi connectivity index (χ3v) is 5.71. The Balaban J connectivity index is 1.81. The summed E-state index contributed by atoms with van der Waals surface area (Å²) in [5, 5.41) is 0.737. The van der Waals surface area contributed by atoms with E-state index in [0.717, 1.165) is 29.8 Å². The highest BCUT2D eigenvalue weighted by atomic mass is 35.5. The molecule has 0 N–H and O–H groups in total. The zero-order valence-electron chi connectivity index (χ0n) is 12.8. The molecular formula is C18H24ClNO. The van der Waals surface area contributed by atoms with E-state index in [1.807, 2.05) is 36.2 Å². The molecule has 0 radical (unpaired) electrons. The fraction of sp³-hybridized carbons (Fsp3) is 0.611. The van der Waals surface area contributed by atoms with Crippen molar-refractivity contribution in [2.24, 2.45) is 0 Å². The molecule has 21 heavy (non-hydrogen) atoms. The second kappa shape index (κ2) is 6.00. The van der Waals surface area contributed by atoms with Gasteiger partial charge in [-0.3, -0.25) is 4.79 Å². The maximum atomic E-state index is 13.1. The van der Waals surface area contributed by atoms with Gasteiger partial charge in [0.15, 0.2) is 0 Å². The van der Waals surface area contributed by atoms with Crippen molar-refractivity contribution in [3.63, 3.8) is 0 Å². The Morgan fingerprint density at radius 2 is 1.71 bits per heavy atom. The number of amides is 1. The first kappa shape index (κ1) is 14.9. The minimum atomic E-state index is -0.281. The average molecular weight is 306 g/mol. The number of halogens is 1. The van der Waals surface area contributed by atoms with Crippen LogP contribution in [0.3, 0.4) is 0 Å². The van der Waals surface area contributed by atoms with Gasteiger partial charge in [0.2, 0.25) is 5.91 Å². The molecule has 0 heterocycles. The molecule has 0 saturated heterocycles. The molecule has 0 aromatic heterocycles. The van der Waals surface area contributed by atoms with E-state index in [1.165, 1.54) is 32.1 Å². The lowest BCUT2D eigenvalue weighted by Gasteiger charge is -2.45. The highest BCUT2D eigenvalue weighted by molar-refractivity contribution is 6.30. The van der Waals surface area contributed by atoms with Crippen LogP contribution in [0, 0.1) is 0 Å². The largest absolute Gasteiger partial charge is 0.342 e. The van der Waals surface area contributed by atoms with Crippen LogP contribution in [-0.4, -0.2) is 23.9 Å². The molecule has 1 aromatic rings. The molecule has 0 aliphatic heterocycles. The normalized spacial score (nSPS) is 21.6. The Labute approximate surface area is 132 Å². The van der Waals surface area contributed by atoms with Crippen LogP contribution < -0.4 is 0 Å². The van der Waals surface area contributed by atoms with Gasteiger partial charge >= 0.3 is 0 Å². The Morgan fingerprint density at radius 3 is 2.24 bits per heavy atom. The van der Waals surface area contributed by atoms with Crippen LogP contribution >= 0.6 is 11.6 Å². The second-order valence-electron chi connectivity index (χ2n) is 6.65. The predicted octanol–water partition coefficient (Wildman–Crippen LogP) is 4.55. The molecule has 1 aromatic carbocycles. The zero-order valence-corrected chi connectivity index (χ0v) is 13.5. The van der Waals surface area contributed by atoms with Crippen molar-refractivity contribution in [1.82, 2.24) is 4.90 Å². The summed E-state index contributed by atoms with van der Waals surface area (Å²) in [5.41, 5.74) is 0.863. The van der Waals surface area contributed by atoms with E-state index < -0.39 is 0 Å². The smallest absolute Gasteiger partial charge is 0.233 e. The first-order valence-electron chi connectivity index (χ1n) is 8.17. The van der Waals surface area contributed by atoms with Crippen molar-refractivity contribution < 1.29 is 4.79 Å². The van der Waals surface area contributed by atoms with Crippen molar-refractivity contribution in [3.8, 4) is 0 Å². The summed E-state index contributed by atoms with van der Waals surface area (Å²) in [6.45, 7) is 0. The van der Waals surface area contributed by atoms with Crippen LogP contribution in [0.25, 0.3) is 0 Å². The molecule has 2 aliphatic rings.